The molecule has 0 unspecified atom stereocenters. The Bertz CT molecular complexity index is 1010. The summed E-state index contributed by atoms with van der Waals surface area (Å²) in [7, 11) is 0. The number of anilines is 2. The van der Waals surface area contributed by atoms with Crippen LogP contribution in [0.15, 0.2) is 28.9 Å². The number of amides is 1. The number of rotatable bonds is 3. The van der Waals surface area contributed by atoms with Crippen LogP contribution in [0.5, 0.6) is 0 Å². The molecule has 0 radical (unpaired) electrons. The standard InChI is InChI=1S/C19H19FN4O3/c1-11-3-4-13(9-14(11)20)23-18(25)15-12(2)27-19-16(15)17(21-10-22-19)24-5-7-26-8-6-24/h3-4,9-10H,5-8H2,1-2H3,(H,23,25). The van der Waals surface area contributed by atoms with Crippen LogP contribution in [0.4, 0.5) is 15.9 Å². The lowest BCUT2D eigenvalue weighted by molar-refractivity contribution is 0.102. The van der Waals surface area contributed by atoms with Crippen molar-refractivity contribution in [2.45, 2.75) is 13.8 Å². The number of carbonyl (C=O) groups excluding carboxylic acids is 1. The van der Waals surface area contributed by atoms with Gasteiger partial charge in [-0.15, -0.1) is 0 Å². The Labute approximate surface area is 155 Å². The van der Waals surface area contributed by atoms with E-state index in [1.807, 2.05) is 4.90 Å². The normalized spacial score (nSPS) is 14.6. The predicted molar refractivity (Wildman–Crippen MR) is 98.7 cm³/mol. The number of hydrogen-bond acceptors (Lipinski definition) is 6. The number of nitrogens with zero attached hydrogens (tertiary/aromatic N) is 3. The number of carbonyl (C=O) groups is 1. The molecule has 1 saturated heterocycles. The summed E-state index contributed by atoms with van der Waals surface area (Å²) in [5.74, 6) is 0.309. The Morgan fingerprint density at radius 3 is 2.74 bits per heavy atom. The first-order chi connectivity index (χ1) is 13.0. The minimum absolute atomic E-state index is 0.351. The summed E-state index contributed by atoms with van der Waals surface area (Å²) in [5.41, 5.74) is 1.60. The summed E-state index contributed by atoms with van der Waals surface area (Å²) >= 11 is 0. The van der Waals surface area contributed by atoms with Gasteiger partial charge in [-0.25, -0.2) is 14.4 Å². The first-order valence-corrected chi connectivity index (χ1v) is 8.69. The predicted octanol–water partition coefficient (Wildman–Crippen LogP) is 3.07. The Morgan fingerprint density at radius 2 is 2.00 bits per heavy atom. The molecule has 1 aliphatic rings. The molecule has 3 heterocycles. The van der Waals surface area contributed by atoms with Gasteiger partial charge in [-0.1, -0.05) is 6.07 Å². The number of ether oxygens (including phenoxy) is 1. The van der Waals surface area contributed by atoms with Gasteiger partial charge in [0.25, 0.3) is 5.91 Å². The molecule has 4 rings (SSSR count). The molecule has 0 atom stereocenters. The third-order valence-corrected chi connectivity index (χ3v) is 4.61. The van der Waals surface area contributed by atoms with Crippen molar-refractivity contribution in [3.8, 4) is 0 Å². The van der Waals surface area contributed by atoms with E-state index >= 15 is 0 Å². The molecule has 3 aromatic rings. The molecule has 1 amide bonds. The van der Waals surface area contributed by atoms with Crippen molar-refractivity contribution in [2.24, 2.45) is 0 Å². The zero-order valence-electron chi connectivity index (χ0n) is 15.1. The molecule has 140 valence electrons. The maximum Gasteiger partial charge on any atom is 0.260 e. The first kappa shape index (κ1) is 17.4. The SMILES string of the molecule is Cc1ccc(NC(=O)c2c(C)oc3ncnc(N4CCOCC4)c23)cc1F. The zero-order chi connectivity index (χ0) is 19.0. The zero-order valence-corrected chi connectivity index (χ0v) is 15.1. The molecule has 2 aromatic heterocycles. The number of halogens is 1. The van der Waals surface area contributed by atoms with Crippen LogP contribution in [0.25, 0.3) is 11.1 Å². The van der Waals surface area contributed by atoms with Crippen molar-refractivity contribution in [3.05, 3.63) is 47.2 Å². The molecule has 0 bridgehead atoms. The number of nitrogens with one attached hydrogen (secondary N) is 1. The van der Waals surface area contributed by atoms with Gasteiger partial charge in [0.2, 0.25) is 5.71 Å². The fourth-order valence-electron chi connectivity index (χ4n) is 3.18. The average Bonchev–Trinajstić information content (AvgIpc) is 3.01. The topological polar surface area (TPSA) is 80.5 Å². The van der Waals surface area contributed by atoms with E-state index < -0.39 is 0 Å². The average molecular weight is 370 g/mol. The van der Waals surface area contributed by atoms with Crippen molar-refractivity contribution in [1.82, 2.24) is 9.97 Å². The Balaban J connectivity index is 1.74. The minimum Gasteiger partial charge on any atom is -0.442 e. The summed E-state index contributed by atoms with van der Waals surface area (Å²) in [6.45, 7) is 5.89. The van der Waals surface area contributed by atoms with Crippen LogP contribution >= 0.6 is 0 Å². The summed E-state index contributed by atoms with van der Waals surface area (Å²) in [6.07, 6.45) is 1.42. The fourth-order valence-corrected chi connectivity index (χ4v) is 3.18. The van der Waals surface area contributed by atoms with Gasteiger partial charge in [0.05, 0.1) is 24.2 Å². The number of benzene rings is 1. The molecule has 8 heteroatoms. The lowest BCUT2D eigenvalue weighted by Gasteiger charge is -2.28. The van der Waals surface area contributed by atoms with Crippen LogP contribution in [0.3, 0.4) is 0 Å². The molecular weight excluding hydrogens is 351 g/mol. The van der Waals surface area contributed by atoms with Gasteiger partial charge in [-0.2, -0.15) is 0 Å². The molecule has 1 N–H and O–H groups in total. The third kappa shape index (κ3) is 3.23. The van der Waals surface area contributed by atoms with Gasteiger partial charge in [0.15, 0.2) is 0 Å². The highest BCUT2D eigenvalue weighted by Crippen LogP contribution is 2.32. The molecule has 0 aliphatic carbocycles. The van der Waals surface area contributed by atoms with E-state index in [0.717, 1.165) is 0 Å². The van der Waals surface area contributed by atoms with E-state index in [0.29, 0.717) is 65.8 Å². The second-order valence-electron chi connectivity index (χ2n) is 6.43. The molecule has 7 nitrogen and oxygen atoms in total. The van der Waals surface area contributed by atoms with Gasteiger partial charge in [-0.05, 0) is 31.5 Å². The number of furan rings is 1. The number of aryl methyl sites for hydroxylation is 2. The fraction of sp³-hybridized carbons (Fsp3) is 0.316. The van der Waals surface area contributed by atoms with Gasteiger partial charge in [0, 0.05) is 18.8 Å². The van der Waals surface area contributed by atoms with Crippen molar-refractivity contribution < 1.29 is 18.3 Å². The highest BCUT2D eigenvalue weighted by molar-refractivity contribution is 6.15. The molecule has 1 fully saturated rings. The van der Waals surface area contributed by atoms with E-state index in [2.05, 4.69) is 15.3 Å². The number of morpholine rings is 1. The van der Waals surface area contributed by atoms with Crippen LogP contribution in [0.2, 0.25) is 0 Å². The lowest BCUT2D eigenvalue weighted by atomic mass is 10.1. The van der Waals surface area contributed by atoms with E-state index in [1.165, 1.54) is 12.4 Å². The second kappa shape index (κ2) is 6.96. The molecule has 0 spiro atoms. The highest BCUT2D eigenvalue weighted by Gasteiger charge is 2.26. The van der Waals surface area contributed by atoms with E-state index in [4.69, 9.17) is 9.15 Å². The summed E-state index contributed by atoms with van der Waals surface area (Å²) < 4.78 is 24.9. The quantitative estimate of drug-likeness (QED) is 0.763. The Morgan fingerprint density at radius 1 is 1.22 bits per heavy atom. The van der Waals surface area contributed by atoms with Crippen molar-refractivity contribution in [3.63, 3.8) is 0 Å². The van der Waals surface area contributed by atoms with Crippen molar-refractivity contribution >= 4 is 28.5 Å². The van der Waals surface area contributed by atoms with Crippen LogP contribution < -0.4 is 10.2 Å². The highest BCUT2D eigenvalue weighted by atomic mass is 19.1. The lowest BCUT2D eigenvalue weighted by Crippen LogP contribution is -2.37. The number of fused-ring (bicyclic) bond motifs is 1. The Kier molecular flexibility index (Phi) is 4.49. The number of hydrogen-bond donors (Lipinski definition) is 1. The maximum absolute atomic E-state index is 13.8. The van der Waals surface area contributed by atoms with E-state index in [-0.39, 0.29) is 11.7 Å². The van der Waals surface area contributed by atoms with Crippen molar-refractivity contribution in [1.29, 1.82) is 0 Å². The Hall–Kier alpha value is -3.00. The smallest absolute Gasteiger partial charge is 0.260 e. The van der Waals surface area contributed by atoms with E-state index in [9.17, 15) is 9.18 Å². The van der Waals surface area contributed by atoms with Gasteiger partial charge < -0.3 is 19.4 Å². The second-order valence-corrected chi connectivity index (χ2v) is 6.43. The third-order valence-electron chi connectivity index (χ3n) is 4.61. The van der Waals surface area contributed by atoms with Crippen molar-refractivity contribution in [2.75, 3.05) is 36.5 Å². The van der Waals surface area contributed by atoms with Crippen LogP contribution in [0, 0.1) is 19.7 Å². The van der Waals surface area contributed by atoms with Crippen LogP contribution in [0.1, 0.15) is 21.7 Å². The van der Waals surface area contributed by atoms with Gasteiger partial charge in [-0.3, -0.25) is 4.79 Å². The summed E-state index contributed by atoms with van der Waals surface area (Å²) in [5, 5.41) is 3.30. The molecule has 0 saturated carbocycles. The van der Waals surface area contributed by atoms with Gasteiger partial charge in [0.1, 0.15) is 23.7 Å². The first-order valence-electron chi connectivity index (χ1n) is 8.69. The number of aromatic nitrogens is 2. The van der Waals surface area contributed by atoms with Crippen LogP contribution in [-0.4, -0.2) is 42.2 Å². The van der Waals surface area contributed by atoms with E-state index in [1.54, 1.807) is 26.0 Å². The van der Waals surface area contributed by atoms with Gasteiger partial charge >= 0.3 is 0 Å². The molecule has 1 aromatic carbocycles. The monoisotopic (exact) mass is 370 g/mol. The summed E-state index contributed by atoms with van der Waals surface area (Å²) in [4.78, 5) is 23.5. The molecule has 1 aliphatic heterocycles. The largest absolute Gasteiger partial charge is 0.442 e. The van der Waals surface area contributed by atoms with Crippen LogP contribution in [-0.2, 0) is 4.74 Å². The molecule has 27 heavy (non-hydrogen) atoms. The molecular formula is C19H19FN4O3. The maximum atomic E-state index is 13.8. The minimum atomic E-state index is -0.390. The summed E-state index contributed by atoms with van der Waals surface area (Å²) in [6, 6.07) is 4.57.